The van der Waals surface area contributed by atoms with E-state index in [2.05, 4.69) is 16.9 Å². The van der Waals surface area contributed by atoms with E-state index in [1.165, 1.54) is 0 Å². The number of nitrogens with zero attached hydrogens (tertiary/aromatic N) is 2. The van der Waals surface area contributed by atoms with E-state index in [0.29, 0.717) is 17.4 Å². The minimum atomic E-state index is 0.243. The molecule has 94 valence electrons. The molecule has 0 aromatic carbocycles. The molecule has 5 heteroatoms. The van der Waals surface area contributed by atoms with Crippen molar-refractivity contribution in [3.05, 3.63) is 12.1 Å². The highest BCUT2D eigenvalue weighted by Gasteiger charge is 2.18. The molecule has 0 aliphatic carbocycles. The molecule has 2 rings (SSSR count). The summed E-state index contributed by atoms with van der Waals surface area (Å²) in [4.78, 5) is 6.52. The Hall–Kier alpha value is -1.49. The Balaban J connectivity index is 1.99. The summed E-state index contributed by atoms with van der Waals surface area (Å²) < 4.78 is 10.9. The summed E-state index contributed by atoms with van der Waals surface area (Å²) in [7, 11) is 3.68. The van der Waals surface area contributed by atoms with E-state index in [1.807, 2.05) is 0 Å². The molecule has 1 aromatic heterocycles. The van der Waals surface area contributed by atoms with E-state index >= 15 is 0 Å². The first-order chi connectivity index (χ1) is 8.19. The number of methoxy groups -OCH3 is 1. The standard InChI is InChI=1S/C12H19N3O2/c1-15-7-5-9(6-8-15)17-11-4-3-10(13)12(14-11)16-2/h3-4,9H,5-8,13H2,1-2H3. The van der Waals surface area contributed by atoms with Gasteiger partial charge in [-0.2, -0.15) is 4.98 Å². The molecule has 1 aromatic rings. The maximum atomic E-state index is 5.83. The van der Waals surface area contributed by atoms with Crippen LogP contribution in [0.2, 0.25) is 0 Å². The average molecular weight is 237 g/mol. The molecule has 0 amide bonds. The Morgan fingerprint density at radius 3 is 2.71 bits per heavy atom. The first-order valence-corrected chi connectivity index (χ1v) is 5.84. The summed E-state index contributed by atoms with van der Waals surface area (Å²) in [5, 5.41) is 0. The predicted molar refractivity (Wildman–Crippen MR) is 66.3 cm³/mol. The number of likely N-dealkylation sites (tertiary alicyclic amines) is 1. The van der Waals surface area contributed by atoms with Crippen LogP contribution < -0.4 is 15.2 Å². The van der Waals surface area contributed by atoms with E-state index < -0.39 is 0 Å². The molecule has 5 nitrogen and oxygen atoms in total. The predicted octanol–water partition coefficient (Wildman–Crippen LogP) is 1.15. The minimum absolute atomic E-state index is 0.243. The van der Waals surface area contributed by atoms with Crippen molar-refractivity contribution in [2.45, 2.75) is 18.9 Å². The lowest BCUT2D eigenvalue weighted by Crippen LogP contribution is -2.35. The van der Waals surface area contributed by atoms with Gasteiger partial charge in [-0.15, -0.1) is 0 Å². The fraction of sp³-hybridized carbons (Fsp3) is 0.583. The number of rotatable bonds is 3. The second-order valence-electron chi connectivity index (χ2n) is 4.37. The smallest absolute Gasteiger partial charge is 0.240 e. The molecule has 17 heavy (non-hydrogen) atoms. The topological polar surface area (TPSA) is 60.6 Å². The van der Waals surface area contributed by atoms with Crippen LogP contribution in [-0.4, -0.2) is 43.2 Å². The zero-order valence-corrected chi connectivity index (χ0v) is 10.3. The van der Waals surface area contributed by atoms with Crippen LogP contribution >= 0.6 is 0 Å². The highest BCUT2D eigenvalue weighted by Crippen LogP contribution is 2.23. The van der Waals surface area contributed by atoms with Gasteiger partial charge < -0.3 is 20.1 Å². The van der Waals surface area contributed by atoms with Gasteiger partial charge in [0, 0.05) is 19.2 Å². The Bertz CT molecular complexity index is 376. The van der Waals surface area contributed by atoms with Gasteiger partial charge in [0.05, 0.1) is 12.8 Å². The molecule has 2 N–H and O–H groups in total. The molecule has 0 unspecified atom stereocenters. The summed E-state index contributed by atoms with van der Waals surface area (Å²) in [5.74, 6) is 1.01. The number of hydrogen-bond acceptors (Lipinski definition) is 5. The second-order valence-corrected chi connectivity index (χ2v) is 4.37. The number of ether oxygens (including phenoxy) is 2. The first kappa shape index (κ1) is 12.0. The molecule has 1 saturated heterocycles. The van der Waals surface area contributed by atoms with E-state index in [4.69, 9.17) is 15.2 Å². The van der Waals surface area contributed by atoms with Gasteiger partial charge in [-0.3, -0.25) is 0 Å². The third-order valence-corrected chi connectivity index (χ3v) is 3.01. The van der Waals surface area contributed by atoms with E-state index in [1.54, 1.807) is 19.2 Å². The van der Waals surface area contributed by atoms with Crippen molar-refractivity contribution in [2.75, 3.05) is 33.0 Å². The van der Waals surface area contributed by atoms with Gasteiger partial charge in [0.1, 0.15) is 6.10 Å². The summed E-state index contributed by atoms with van der Waals surface area (Å²) >= 11 is 0. The molecule has 0 bridgehead atoms. The zero-order chi connectivity index (χ0) is 12.3. The van der Waals surface area contributed by atoms with Crippen molar-refractivity contribution in [1.29, 1.82) is 0 Å². The van der Waals surface area contributed by atoms with Crippen LogP contribution in [0.25, 0.3) is 0 Å². The van der Waals surface area contributed by atoms with Crippen molar-refractivity contribution in [3.63, 3.8) is 0 Å². The van der Waals surface area contributed by atoms with Gasteiger partial charge in [0.25, 0.3) is 0 Å². The molecule has 1 aliphatic rings. The summed E-state index contributed by atoms with van der Waals surface area (Å²) in [6.45, 7) is 2.13. The van der Waals surface area contributed by atoms with Gasteiger partial charge >= 0.3 is 0 Å². The van der Waals surface area contributed by atoms with Crippen LogP contribution in [0.15, 0.2) is 12.1 Å². The molecule has 0 spiro atoms. The van der Waals surface area contributed by atoms with Crippen LogP contribution in [0.1, 0.15) is 12.8 Å². The largest absolute Gasteiger partial charge is 0.479 e. The fourth-order valence-corrected chi connectivity index (χ4v) is 1.94. The number of pyridine rings is 1. The first-order valence-electron chi connectivity index (χ1n) is 5.84. The lowest BCUT2D eigenvalue weighted by atomic mass is 10.1. The van der Waals surface area contributed by atoms with Gasteiger partial charge in [0.2, 0.25) is 11.8 Å². The molecule has 2 heterocycles. The van der Waals surface area contributed by atoms with E-state index in [0.717, 1.165) is 25.9 Å². The van der Waals surface area contributed by atoms with Crippen LogP contribution in [0.4, 0.5) is 5.69 Å². The summed E-state index contributed by atoms with van der Waals surface area (Å²) in [5.41, 5.74) is 6.23. The highest BCUT2D eigenvalue weighted by atomic mass is 16.5. The Morgan fingerprint density at radius 1 is 1.35 bits per heavy atom. The molecule has 1 aliphatic heterocycles. The van der Waals surface area contributed by atoms with Crippen LogP contribution in [-0.2, 0) is 0 Å². The van der Waals surface area contributed by atoms with Gasteiger partial charge in [-0.25, -0.2) is 0 Å². The third kappa shape index (κ3) is 3.00. The SMILES string of the molecule is COc1nc(OC2CCN(C)CC2)ccc1N. The van der Waals surface area contributed by atoms with Gasteiger partial charge in [-0.1, -0.05) is 0 Å². The van der Waals surface area contributed by atoms with Crippen molar-refractivity contribution in [2.24, 2.45) is 0 Å². The van der Waals surface area contributed by atoms with Crippen molar-refractivity contribution in [3.8, 4) is 11.8 Å². The quantitative estimate of drug-likeness (QED) is 0.854. The average Bonchev–Trinajstić information content (AvgIpc) is 2.34. The number of anilines is 1. The normalized spacial score (nSPS) is 18.0. The van der Waals surface area contributed by atoms with Gasteiger partial charge in [-0.05, 0) is 26.0 Å². The van der Waals surface area contributed by atoms with Crippen LogP contribution in [0.5, 0.6) is 11.8 Å². The maximum absolute atomic E-state index is 5.83. The van der Waals surface area contributed by atoms with Gasteiger partial charge in [0.15, 0.2) is 0 Å². The van der Waals surface area contributed by atoms with E-state index in [9.17, 15) is 0 Å². The molecule has 0 saturated carbocycles. The zero-order valence-electron chi connectivity index (χ0n) is 10.3. The van der Waals surface area contributed by atoms with Crippen LogP contribution in [0.3, 0.4) is 0 Å². The van der Waals surface area contributed by atoms with Crippen molar-refractivity contribution >= 4 is 5.69 Å². The minimum Gasteiger partial charge on any atom is -0.479 e. The highest BCUT2D eigenvalue weighted by molar-refractivity contribution is 5.49. The second kappa shape index (κ2) is 5.23. The lowest BCUT2D eigenvalue weighted by molar-refractivity contribution is 0.109. The summed E-state index contributed by atoms with van der Waals surface area (Å²) in [6, 6.07) is 3.55. The molecular weight excluding hydrogens is 218 g/mol. The molecule has 0 radical (unpaired) electrons. The molecular formula is C12H19N3O2. The molecule has 1 fully saturated rings. The Kier molecular flexibility index (Phi) is 3.68. The lowest BCUT2D eigenvalue weighted by Gasteiger charge is -2.28. The number of nitrogen functional groups attached to an aromatic ring is 1. The fourth-order valence-electron chi connectivity index (χ4n) is 1.94. The Morgan fingerprint density at radius 2 is 2.06 bits per heavy atom. The van der Waals surface area contributed by atoms with Crippen molar-refractivity contribution < 1.29 is 9.47 Å². The van der Waals surface area contributed by atoms with Crippen LogP contribution in [0, 0.1) is 0 Å². The third-order valence-electron chi connectivity index (χ3n) is 3.01. The monoisotopic (exact) mass is 237 g/mol. The number of piperidine rings is 1. The molecule has 0 atom stereocenters. The Labute approximate surface area is 102 Å². The number of aromatic nitrogens is 1. The summed E-state index contributed by atoms with van der Waals surface area (Å²) in [6.07, 6.45) is 2.31. The van der Waals surface area contributed by atoms with E-state index in [-0.39, 0.29) is 6.10 Å². The number of hydrogen-bond donors (Lipinski definition) is 1. The van der Waals surface area contributed by atoms with Crippen molar-refractivity contribution in [1.82, 2.24) is 9.88 Å². The maximum Gasteiger partial charge on any atom is 0.240 e. The number of nitrogens with two attached hydrogens (primary N) is 1.